The Balaban J connectivity index is 2.07. The zero-order valence-electron chi connectivity index (χ0n) is 11.2. The van der Waals surface area contributed by atoms with Gasteiger partial charge in [-0.3, -0.25) is 0 Å². The van der Waals surface area contributed by atoms with Crippen LogP contribution in [0.5, 0.6) is 0 Å². The van der Waals surface area contributed by atoms with E-state index in [1.807, 2.05) is 0 Å². The molecule has 0 bridgehead atoms. The molecule has 5 rings (SSSR count). The van der Waals surface area contributed by atoms with Crippen LogP contribution in [0.1, 0.15) is 0 Å². The minimum Gasteiger partial charge on any atom is -0.445 e. The van der Waals surface area contributed by atoms with Crippen LogP contribution >= 0.6 is 0 Å². The third-order valence-electron chi connectivity index (χ3n) is 4.19. The molecule has 5 aromatic rings. The highest BCUT2D eigenvalue weighted by atomic mass is 16.3. The normalized spacial score (nSPS) is 11.8. The molecular formula is C19H11NO. The van der Waals surface area contributed by atoms with Crippen LogP contribution in [-0.4, -0.2) is 4.98 Å². The van der Waals surface area contributed by atoms with Crippen LogP contribution in [-0.2, 0) is 0 Å². The Kier molecular flexibility index (Phi) is 1.98. The second-order valence-corrected chi connectivity index (χ2v) is 5.31. The predicted molar refractivity (Wildman–Crippen MR) is 85.6 cm³/mol. The summed E-state index contributed by atoms with van der Waals surface area (Å²) in [6, 6.07) is 19.4. The van der Waals surface area contributed by atoms with Crippen molar-refractivity contribution in [3.8, 4) is 11.5 Å². The number of aromatic nitrogens is 1. The number of hydrogen-bond donors (Lipinski definition) is 0. The molecule has 0 aliphatic heterocycles. The van der Waals surface area contributed by atoms with Gasteiger partial charge in [0.25, 0.3) is 0 Å². The fourth-order valence-corrected chi connectivity index (χ4v) is 3.28. The minimum absolute atomic E-state index is 0.674. The smallest absolute Gasteiger partial charge is 0.226 e. The van der Waals surface area contributed by atoms with Crippen LogP contribution in [0.15, 0.2) is 71.5 Å². The van der Waals surface area contributed by atoms with E-state index in [9.17, 15) is 0 Å². The van der Waals surface area contributed by atoms with Crippen molar-refractivity contribution in [2.45, 2.75) is 0 Å². The van der Waals surface area contributed by atoms with Gasteiger partial charge in [0.2, 0.25) is 5.89 Å². The van der Waals surface area contributed by atoms with Crippen molar-refractivity contribution in [3.05, 3.63) is 67.1 Å². The van der Waals surface area contributed by atoms with Crippen LogP contribution in [0.2, 0.25) is 0 Å². The highest BCUT2D eigenvalue weighted by molar-refractivity contribution is 6.25. The van der Waals surface area contributed by atoms with E-state index in [1.165, 1.54) is 32.3 Å². The van der Waals surface area contributed by atoms with Crippen LogP contribution in [0.3, 0.4) is 0 Å². The van der Waals surface area contributed by atoms with Gasteiger partial charge in [0.05, 0.1) is 6.20 Å². The van der Waals surface area contributed by atoms with Gasteiger partial charge in [-0.1, -0.05) is 48.5 Å². The zero-order valence-corrected chi connectivity index (χ0v) is 11.2. The van der Waals surface area contributed by atoms with E-state index in [0.29, 0.717) is 5.89 Å². The van der Waals surface area contributed by atoms with E-state index in [-0.39, 0.29) is 0 Å². The van der Waals surface area contributed by atoms with Crippen LogP contribution in [0.4, 0.5) is 0 Å². The number of hydrogen-bond acceptors (Lipinski definition) is 2. The lowest BCUT2D eigenvalue weighted by molar-refractivity contribution is 0.575. The molecule has 0 aliphatic carbocycles. The summed E-state index contributed by atoms with van der Waals surface area (Å²) in [6.45, 7) is 0. The quantitative estimate of drug-likeness (QED) is 0.389. The first-order valence-electron chi connectivity index (χ1n) is 6.98. The first kappa shape index (κ1) is 10.9. The molecule has 0 aliphatic rings. The first-order valence-corrected chi connectivity index (χ1v) is 6.98. The van der Waals surface area contributed by atoms with E-state index in [4.69, 9.17) is 4.42 Å². The summed E-state index contributed by atoms with van der Waals surface area (Å²) in [6.07, 6.45) is 3.31. The molecule has 0 amide bonds. The van der Waals surface area contributed by atoms with E-state index in [2.05, 4.69) is 59.6 Å². The molecule has 0 unspecified atom stereocenters. The molecule has 0 saturated heterocycles. The Morgan fingerprint density at radius 1 is 0.714 bits per heavy atom. The Morgan fingerprint density at radius 3 is 2.19 bits per heavy atom. The molecule has 0 atom stereocenters. The van der Waals surface area contributed by atoms with Crippen molar-refractivity contribution in [2.24, 2.45) is 0 Å². The average Bonchev–Trinajstić information content (AvgIpc) is 3.07. The van der Waals surface area contributed by atoms with Gasteiger partial charge in [0.15, 0.2) is 0 Å². The summed E-state index contributed by atoms with van der Waals surface area (Å²) in [5.74, 6) is 0.674. The number of oxazole rings is 1. The lowest BCUT2D eigenvalue weighted by Gasteiger charge is -2.12. The average molecular weight is 269 g/mol. The summed E-state index contributed by atoms with van der Waals surface area (Å²) in [4.78, 5) is 4.30. The van der Waals surface area contributed by atoms with E-state index < -0.39 is 0 Å². The largest absolute Gasteiger partial charge is 0.445 e. The van der Waals surface area contributed by atoms with E-state index >= 15 is 0 Å². The highest BCUT2D eigenvalue weighted by Crippen LogP contribution is 2.38. The van der Waals surface area contributed by atoms with Gasteiger partial charge in [-0.2, -0.15) is 0 Å². The Labute approximate surface area is 121 Å². The number of nitrogens with zero attached hydrogens (tertiary/aromatic N) is 1. The van der Waals surface area contributed by atoms with Gasteiger partial charge in [0, 0.05) is 5.56 Å². The highest BCUT2D eigenvalue weighted by Gasteiger charge is 2.13. The molecule has 0 saturated carbocycles. The maximum atomic E-state index is 5.50. The van der Waals surface area contributed by atoms with Crippen molar-refractivity contribution in [3.63, 3.8) is 0 Å². The van der Waals surface area contributed by atoms with Gasteiger partial charge >= 0.3 is 0 Å². The predicted octanol–water partition coefficient (Wildman–Crippen LogP) is 5.24. The molecule has 21 heavy (non-hydrogen) atoms. The molecule has 0 N–H and O–H groups in total. The Morgan fingerprint density at radius 2 is 1.43 bits per heavy atom. The molecular weight excluding hydrogens is 258 g/mol. The van der Waals surface area contributed by atoms with Gasteiger partial charge in [-0.15, -0.1) is 0 Å². The molecule has 2 heteroatoms. The fourth-order valence-electron chi connectivity index (χ4n) is 3.28. The topological polar surface area (TPSA) is 26.0 Å². The third kappa shape index (κ3) is 1.39. The summed E-state index contributed by atoms with van der Waals surface area (Å²) in [7, 11) is 0. The minimum atomic E-state index is 0.674. The Hall–Kier alpha value is -2.87. The van der Waals surface area contributed by atoms with E-state index in [1.54, 1.807) is 12.5 Å². The van der Waals surface area contributed by atoms with Crippen LogP contribution < -0.4 is 0 Å². The second kappa shape index (κ2) is 3.83. The molecule has 98 valence electrons. The molecule has 1 aromatic heterocycles. The van der Waals surface area contributed by atoms with Crippen molar-refractivity contribution in [1.29, 1.82) is 0 Å². The maximum absolute atomic E-state index is 5.50. The molecule has 1 heterocycles. The summed E-state index contributed by atoms with van der Waals surface area (Å²) in [5.41, 5.74) is 1.05. The molecule has 0 fully saturated rings. The standard InChI is InChI=1S/C19H11NO/c1-2-12-4-5-14-7-9-16(19-20-10-11-21-19)15-8-6-13(3-1)17(12)18(14)15/h1-11H. The lowest BCUT2D eigenvalue weighted by atomic mass is 9.92. The first-order chi connectivity index (χ1) is 10.4. The van der Waals surface area contributed by atoms with E-state index in [0.717, 1.165) is 5.56 Å². The fraction of sp³-hybridized carbons (Fsp3) is 0. The molecule has 2 nitrogen and oxygen atoms in total. The Bertz CT molecular complexity index is 1060. The third-order valence-corrected chi connectivity index (χ3v) is 4.19. The van der Waals surface area contributed by atoms with Gasteiger partial charge in [0.1, 0.15) is 6.26 Å². The van der Waals surface area contributed by atoms with Gasteiger partial charge < -0.3 is 4.42 Å². The van der Waals surface area contributed by atoms with Gasteiger partial charge in [-0.05, 0) is 38.4 Å². The molecule has 4 aromatic carbocycles. The maximum Gasteiger partial charge on any atom is 0.226 e. The molecule has 0 spiro atoms. The number of rotatable bonds is 1. The zero-order chi connectivity index (χ0) is 13.8. The summed E-state index contributed by atoms with van der Waals surface area (Å²) >= 11 is 0. The van der Waals surface area contributed by atoms with Crippen molar-refractivity contribution in [1.82, 2.24) is 4.98 Å². The monoisotopic (exact) mass is 269 g/mol. The molecule has 0 radical (unpaired) electrons. The van der Waals surface area contributed by atoms with Crippen molar-refractivity contribution in [2.75, 3.05) is 0 Å². The second-order valence-electron chi connectivity index (χ2n) is 5.31. The van der Waals surface area contributed by atoms with Crippen LogP contribution in [0, 0.1) is 0 Å². The number of benzene rings is 4. The summed E-state index contributed by atoms with van der Waals surface area (Å²) < 4.78 is 5.50. The summed E-state index contributed by atoms with van der Waals surface area (Å²) in [5, 5.41) is 7.61. The lowest BCUT2D eigenvalue weighted by Crippen LogP contribution is -1.86. The van der Waals surface area contributed by atoms with Crippen LogP contribution in [0.25, 0.3) is 43.8 Å². The van der Waals surface area contributed by atoms with Crippen molar-refractivity contribution < 1.29 is 4.42 Å². The van der Waals surface area contributed by atoms with Crippen molar-refractivity contribution >= 4 is 32.3 Å². The SMILES string of the molecule is c1cc2ccc3ccc(-c4ncco4)c4ccc(c1)c2c34. The van der Waals surface area contributed by atoms with Gasteiger partial charge in [-0.25, -0.2) is 4.98 Å².